The summed E-state index contributed by atoms with van der Waals surface area (Å²) in [6.45, 7) is 19.0. The van der Waals surface area contributed by atoms with E-state index in [4.69, 9.17) is 4.74 Å². The number of rotatable bonds is 8. The van der Waals surface area contributed by atoms with Gasteiger partial charge in [-0.25, -0.2) is 4.79 Å². The number of nitrogens with one attached hydrogen (secondary N) is 2. The van der Waals surface area contributed by atoms with Crippen molar-refractivity contribution in [2.45, 2.75) is 144 Å². The van der Waals surface area contributed by atoms with Gasteiger partial charge in [-0.3, -0.25) is 14.4 Å². The molecule has 280 valence electrons. The number of urea groups is 1. The van der Waals surface area contributed by atoms with Crippen molar-refractivity contribution in [1.82, 2.24) is 10.6 Å². The molecule has 3 N–H and O–H groups in total. The van der Waals surface area contributed by atoms with Crippen molar-refractivity contribution in [3.05, 3.63) is 47.0 Å². The Morgan fingerprint density at radius 1 is 0.902 bits per heavy atom. The Balaban J connectivity index is 1.24. The number of hydrogen-bond acceptors (Lipinski definition) is 5. The number of Topliss-reactive ketones (excluding diaryl/α,β-unsaturated/α-hetero) is 1. The monoisotopic (exact) mass is 702 g/mol. The highest BCUT2D eigenvalue weighted by Gasteiger charge is 2.67. The van der Waals surface area contributed by atoms with Crippen molar-refractivity contribution in [2.24, 2.45) is 51.2 Å². The first-order valence-corrected chi connectivity index (χ1v) is 19.6. The van der Waals surface area contributed by atoms with Crippen molar-refractivity contribution >= 4 is 23.8 Å². The number of benzene rings is 1. The number of fused-ring (bicyclic) bond motifs is 7. The van der Waals surface area contributed by atoms with E-state index in [1.165, 1.54) is 5.57 Å². The molecule has 0 heterocycles. The third-order valence-electron chi connectivity index (χ3n) is 15.0. The molecule has 51 heavy (non-hydrogen) atoms. The quantitative estimate of drug-likeness (QED) is 0.233. The highest BCUT2D eigenvalue weighted by Crippen LogP contribution is 2.72. The number of esters is 1. The van der Waals surface area contributed by atoms with Gasteiger partial charge < -0.3 is 20.5 Å². The fourth-order valence-corrected chi connectivity index (χ4v) is 12.5. The van der Waals surface area contributed by atoms with Crippen LogP contribution in [0.25, 0.3) is 0 Å². The number of carboxylic acids is 1. The molecule has 2 amide bonds. The second-order valence-electron chi connectivity index (χ2n) is 19.1. The molecule has 4 fully saturated rings. The first kappa shape index (κ1) is 37.6. The second kappa shape index (κ2) is 13.1. The molecular formula is C43H62N2O6. The van der Waals surface area contributed by atoms with Crippen LogP contribution in [0, 0.1) is 51.2 Å². The van der Waals surface area contributed by atoms with E-state index in [9.17, 15) is 24.3 Å². The lowest BCUT2D eigenvalue weighted by molar-refractivity contribution is -0.213. The first-order chi connectivity index (χ1) is 23.8. The number of carbonyl (C=O) groups excluding carboxylic acids is 3. The Kier molecular flexibility index (Phi) is 9.62. The number of ether oxygens (including phenoxy) is 1. The summed E-state index contributed by atoms with van der Waals surface area (Å²) in [4.78, 5) is 52.3. The van der Waals surface area contributed by atoms with Crippen molar-refractivity contribution in [3.63, 3.8) is 0 Å². The van der Waals surface area contributed by atoms with Crippen LogP contribution in [0.5, 0.6) is 0 Å². The van der Waals surface area contributed by atoms with E-state index >= 15 is 0 Å². The Hall–Kier alpha value is -3.16. The average molecular weight is 703 g/mol. The van der Waals surface area contributed by atoms with Crippen molar-refractivity contribution < 1.29 is 29.0 Å². The number of amides is 2. The molecule has 5 aliphatic rings. The zero-order valence-corrected chi connectivity index (χ0v) is 32.5. The van der Waals surface area contributed by atoms with E-state index in [-0.39, 0.29) is 58.5 Å². The lowest BCUT2D eigenvalue weighted by atomic mass is 9.37. The van der Waals surface area contributed by atoms with Gasteiger partial charge in [-0.2, -0.15) is 0 Å². The van der Waals surface area contributed by atoms with Crippen molar-refractivity contribution in [1.29, 1.82) is 0 Å². The van der Waals surface area contributed by atoms with Gasteiger partial charge in [0.1, 0.15) is 6.10 Å². The van der Waals surface area contributed by atoms with Gasteiger partial charge in [-0.05, 0) is 129 Å². The van der Waals surface area contributed by atoms with Crippen LogP contribution >= 0.6 is 0 Å². The van der Waals surface area contributed by atoms with Gasteiger partial charge in [0.15, 0.2) is 5.78 Å². The van der Waals surface area contributed by atoms with Crippen molar-refractivity contribution in [3.8, 4) is 0 Å². The highest BCUT2D eigenvalue weighted by atomic mass is 16.5. The topological polar surface area (TPSA) is 122 Å². The number of hydrogen-bond donors (Lipinski definition) is 3. The zero-order valence-electron chi connectivity index (χ0n) is 32.5. The van der Waals surface area contributed by atoms with Gasteiger partial charge in [0.05, 0.1) is 23.4 Å². The fraction of sp³-hybridized carbons (Fsp3) is 0.721. The molecule has 0 bridgehead atoms. The predicted octanol–water partition coefficient (Wildman–Crippen LogP) is 8.80. The molecule has 0 spiro atoms. The standard InChI is InChI=1S/C43H62N2O6/c1-25(2)35-30(46)23-43(45-38(50)44-26(3)27-13-11-10-12-14-27)22-17-29-28(36(35)43)15-16-32-41(29,8)20-18-31-40(6,7)33(19-21-42(31,32)9)51-34(47)24-39(4,5)37(48)49/h10-14,25-26,28-29,31-33H,15-24H2,1-9H3,(H,48,49)(H2,44,45,50)/t26-,28?,29?,31?,32?,33+,41+,42?,43?/m1/s1. The van der Waals surface area contributed by atoms with E-state index < -0.39 is 22.9 Å². The highest BCUT2D eigenvalue weighted by molar-refractivity contribution is 6.02. The van der Waals surface area contributed by atoms with E-state index in [2.05, 4.69) is 52.2 Å². The molecule has 0 saturated heterocycles. The molecule has 9 atom stereocenters. The summed E-state index contributed by atoms with van der Waals surface area (Å²) in [5, 5.41) is 16.2. The molecule has 6 unspecified atom stereocenters. The molecule has 4 saturated carbocycles. The molecule has 5 aliphatic carbocycles. The summed E-state index contributed by atoms with van der Waals surface area (Å²) in [6.07, 6.45) is 7.71. The summed E-state index contributed by atoms with van der Waals surface area (Å²) >= 11 is 0. The summed E-state index contributed by atoms with van der Waals surface area (Å²) in [6, 6.07) is 9.61. The Morgan fingerprint density at radius 3 is 2.22 bits per heavy atom. The third-order valence-corrected chi connectivity index (χ3v) is 15.0. The third kappa shape index (κ3) is 6.24. The molecule has 6 rings (SSSR count). The maximum Gasteiger partial charge on any atom is 0.315 e. The molecule has 8 nitrogen and oxygen atoms in total. The lowest BCUT2D eigenvalue weighted by Gasteiger charge is -2.68. The van der Waals surface area contributed by atoms with Gasteiger partial charge in [-0.15, -0.1) is 0 Å². The molecule has 1 aromatic carbocycles. The minimum atomic E-state index is -1.16. The predicted molar refractivity (Wildman–Crippen MR) is 198 cm³/mol. The van der Waals surface area contributed by atoms with Crippen LogP contribution < -0.4 is 10.6 Å². The normalized spacial score (nSPS) is 36.3. The second-order valence-corrected chi connectivity index (χ2v) is 19.1. The minimum Gasteiger partial charge on any atom is -0.481 e. The maximum absolute atomic E-state index is 13.9. The van der Waals surface area contributed by atoms with Crippen LogP contribution in [0.15, 0.2) is 41.5 Å². The molecular weight excluding hydrogens is 640 g/mol. The van der Waals surface area contributed by atoms with Crippen molar-refractivity contribution in [2.75, 3.05) is 0 Å². The summed E-state index contributed by atoms with van der Waals surface area (Å²) in [7, 11) is 0. The van der Waals surface area contributed by atoms with Crippen LogP contribution in [0.2, 0.25) is 0 Å². The van der Waals surface area contributed by atoms with Crippen LogP contribution in [0.1, 0.15) is 138 Å². The number of allylic oxidation sites excluding steroid dienone is 1. The van der Waals surface area contributed by atoms with E-state index in [1.54, 1.807) is 13.8 Å². The van der Waals surface area contributed by atoms with Crippen LogP contribution in [0.4, 0.5) is 4.79 Å². The van der Waals surface area contributed by atoms with Crippen LogP contribution in [-0.4, -0.2) is 40.5 Å². The SMILES string of the molecule is CC(C)C1=C2C3CCC4C5(C)CC[C@H](OC(=O)CC(C)(C)C(=O)O)C(C)(C)C5CC[C@@]4(C)C3CCC2(NC(=O)N[C@H](C)c2ccccc2)CC1=O. The maximum atomic E-state index is 13.9. The fourth-order valence-electron chi connectivity index (χ4n) is 12.5. The van der Waals surface area contributed by atoms with Crippen LogP contribution in [-0.2, 0) is 19.1 Å². The minimum absolute atomic E-state index is 0.0751. The molecule has 8 heteroatoms. The van der Waals surface area contributed by atoms with E-state index in [0.717, 1.165) is 62.5 Å². The van der Waals surface area contributed by atoms with Crippen LogP contribution in [0.3, 0.4) is 0 Å². The van der Waals surface area contributed by atoms with Gasteiger partial charge in [0.2, 0.25) is 0 Å². The summed E-state index contributed by atoms with van der Waals surface area (Å²) in [5.74, 6) is 0.446. The smallest absolute Gasteiger partial charge is 0.315 e. The van der Waals surface area contributed by atoms with Gasteiger partial charge in [-0.1, -0.05) is 71.9 Å². The number of aliphatic carboxylic acids is 1. The summed E-state index contributed by atoms with van der Waals surface area (Å²) in [5.41, 5.74) is 1.36. The van der Waals surface area contributed by atoms with Gasteiger partial charge in [0.25, 0.3) is 0 Å². The Bertz CT molecular complexity index is 1600. The van der Waals surface area contributed by atoms with E-state index in [0.29, 0.717) is 24.2 Å². The van der Waals surface area contributed by atoms with E-state index in [1.807, 2.05) is 37.3 Å². The number of ketones is 1. The summed E-state index contributed by atoms with van der Waals surface area (Å²) < 4.78 is 6.14. The lowest BCUT2D eigenvalue weighted by Crippen LogP contribution is -2.64. The average Bonchev–Trinajstić information content (AvgIpc) is 3.34. The Labute approximate surface area is 305 Å². The first-order valence-electron chi connectivity index (χ1n) is 19.6. The number of carbonyl (C=O) groups is 4. The zero-order chi connectivity index (χ0) is 37.3. The van der Waals surface area contributed by atoms with Gasteiger partial charge in [0, 0.05) is 11.8 Å². The molecule has 0 aliphatic heterocycles. The Morgan fingerprint density at radius 2 is 1.57 bits per heavy atom. The largest absolute Gasteiger partial charge is 0.481 e. The number of carboxylic acid groups (broad SMARTS) is 1. The molecule has 0 radical (unpaired) electrons. The van der Waals surface area contributed by atoms with Gasteiger partial charge >= 0.3 is 18.0 Å². The molecule has 0 aromatic heterocycles. The molecule has 1 aromatic rings.